The molecule has 0 radical (unpaired) electrons. The molecule has 9 heteroatoms. The first-order valence-corrected chi connectivity index (χ1v) is 13.6. The van der Waals surface area contributed by atoms with Crippen molar-refractivity contribution < 1.29 is 24.1 Å². The average molecular weight is 559 g/mol. The molecule has 41 heavy (non-hydrogen) atoms. The Morgan fingerprint density at radius 1 is 1.34 bits per heavy atom. The van der Waals surface area contributed by atoms with E-state index in [0.29, 0.717) is 41.7 Å². The molecule has 1 fully saturated rings. The first-order valence-electron chi connectivity index (χ1n) is 13.6. The molecule has 0 bridgehead atoms. The molecule has 3 heterocycles. The van der Waals surface area contributed by atoms with Crippen LogP contribution in [0.1, 0.15) is 41.3 Å². The minimum Gasteiger partial charge on any atom is -0.488 e. The number of hydrogen-bond acceptors (Lipinski definition) is 8. The third kappa shape index (κ3) is 6.75. The molecule has 3 N–H and O–H groups in total. The van der Waals surface area contributed by atoms with Gasteiger partial charge in [-0.05, 0) is 66.6 Å². The zero-order chi connectivity index (χ0) is 29.5. The summed E-state index contributed by atoms with van der Waals surface area (Å²) in [5, 5.41) is 19.6. The number of nitrogens with one attached hydrogen (secondary N) is 2. The average Bonchev–Trinajstić information content (AvgIpc) is 3.51. The first kappa shape index (κ1) is 29.8. The number of anilines is 1. The molecular weight excluding hydrogens is 520 g/mol. The van der Waals surface area contributed by atoms with Crippen LogP contribution in [-0.4, -0.2) is 60.1 Å². The summed E-state index contributed by atoms with van der Waals surface area (Å²) in [6.07, 6.45) is 4.50. The van der Waals surface area contributed by atoms with Crippen LogP contribution in [-0.2, 0) is 38.6 Å². The Morgan fingerprint density at radius 2 is 2.15 bits per heavy atom. The van der Waals surface area contributed by atoms with Crippen molar-refractivity contribution in [1.29, 1.82) is 5.41 Å². The summed E-state index contributed by atoms with van der Waals surface area (Å²) in [5.74, 6) is -0.477. The highest BCUT2D eigenvalue weighted by Crippen LogP contribution is 2.30. The largest absolute Gasteiger partial charge is 0.488 e. The van der Waals surface area contributed by atoms with Gasteiger partial charge in [-0.1, -0.05) is 37.4 Å². The zero-order valence-corrected chi connectivity index (χ0v) is 24.0. The normalized spacial score (nSPS) is 18.0. The van der Waals surface area contributed by atoms with Gasteiger partial charge in [0.1, 0.15) is 23.8 Å². The summed E-state index contributed by atoms with van der Waals surface area (Å²) in [6.45, 7) is 16.2. The molecule has 2 aliphatic rings. The number of benzene rings is 1. The number of carbonyl (C=O) groups is 1. The standard InChI is InChI=1S/C32H38N4O5/c1-6-25(28-8-7-9-29(34-28)35-31(39-5)27(16-33)32(37)38)30(20(2)3)41-18-23-11-10-22-17-36(24-13-15-40-19-24)14-12-26(22)21(23)4/h6-11,16,24,33H,1-2,12-15,17-19H2,3-5H3,(H,34,35)(H,37,38)/b30-25-,31-27-,33-16?. The first-order chi connectivity index (χ1) is 19.8. The number of rotatable bonds is 12. The number of hydrogen-bond donors (Lipinski definition) is 3. The van der Waals surface area contributed by atoms with Crippen LogP contribution < -0.4 is 5.32 Å². The summed E-state index contributed by atoms with van der Waals surface area (Å²) in [6, 6.07) is 10.1. The minimum atomic E-state index is -1.29. The van der Waals surface area contributed by atoms with Crippen LogP contribution >= 0.6 is 0 Å². The fourth-order valence-corrected chi connectivity index (χ4v) is 5.31. The lowest BCUT2D eigenvalue weighted by molar-refractivity contribution is -0.132. The van der Waals surface area contributed by atoms with Gasteiger partial charge >= 0.3 is 5.97 Å². The molecule has 1 aromatic carbocycles. The van der Waals surface area contributed by atoms with Crippen molar-refractivity contribution in [3.8, 4) is 0 Å². The van der Waals surface area contributed by atoms with Gasteiger partial charge in [0, 0.05) is 37.5 Å². The van der Waals surface area contributed by atoms with Gasteiger partial charge in [-0.2, -0.15) is 0 Å². The molecule has 216 valence electrons. The smallest absolute Gasteiger partial charge is 0.342 e. The van der Waals surface area contributed by atoms with E-state index < -0.39 is 5.97 Å². The van der Waals surface area contributed by atoms with Crippen LogP contribution in [0, 0.1) is 12.3 Å². The monoisotopic (exact) mass is 558 g/mol. The van der Waals surface area contributed by atoms with Gasteiger partial charge in [0.2, 0.25) is 5.88 Å². The second-order valence-corrected chi connectivity index (χ2v) is 10.2. The molecule has 0 saturated carbocycles. The third-order valence-corrected chi connectivity index (χ3v) is 7.55. The van der Waals surface area contributed by atoms with E-state index in [1.807, 2.05) is 13.0 Å². The van der Waals surface area contributed by atoms with E-state index in [-0.39, 0.29) is 11.5 Å². The van der Waals surface area contributed by atoms with E-state index in [1.165, 1.54) is 23.8 Å². The molecule has 2 aromatic rings. The van der Waals surface area contributed by atoms with Crippen LogP contribution in [0.25, 0.3) is 5.57 Å². The Hall–Kier alpha value is -4.21. The Balaban J connectivity index is 1.57. The molecule has 1 aromatic heterocycles. The number of ether oxygens (including phenoxy) is 3. The van der Waals surface area contributed by atoms with E-state index in [0.717, 1.165) is 50.3 Å². The van der Waals surface area contributed by atoms with Crippen LogP contribution in [0.5, 0.6) is 0 Å². The number of aromatic nitrogens is 1. The molecule has 2 aliphatic heterocycles. The van der Waals surface area contributed by atoms with Gasteiger partial charge < -0.3 is 30.0 Å². The van der Waals surface area contributed by atoms with E-state index in [2.05, 4.69) is 47.4 Å². The molecule has 0 amide bonds. The van der Waals surface area contributed by atoms with E-state index >= 15 is 0 Å². The highest BCUT2D eigenvalue weighted by molar-refractivity contribution is 6.08. The van der Waals surface area contributed by atoms with Gasteiger partial charge in [-0.25, -0.2) is 9.78 Å². The molecule has 0 spiro atoms. The van der Waals surface area contributed by atoms with Crippen molar-refractivity contribution in [2.24, 2.45) is 0 Å². The van der Waals surface area contributed by atoms with Gasteiger partial charge in [0.15, 0.2) is 0 Å². The summed E-state index contributed by atoms with van der Waals surface area (Å²) < 4.78 is 17.2. The van der Waals surface area contributed by atoms with Crippen molar-refractivity contribution in [3.05, 3.63) is 100 Å². The quantitative estimate of drug-likeness (QED) is 0.140. The Labute approximate surface area is 241 Å². The summed E-state index contributed by atoms with van der Waals surface area (Å²) in [4.78, 5) is 18.6. The number of pyridine rings is 1. The molecule has 1 atom stereocenters. The SMILES string of the molecule is C=C/C(=C(/OCc1ccc2c(c1C)CCN(C1CCOC1)C2)C(=C)C)c1cccc(N/C(OC)=C(\C=N)C(=O)O)n1. The van der Waals surface area contributed by atoms with Gasteiger partial charge in [-0.15, -0.1) is 0 Å². The maximum Gasteiger partial charge on any atom is 0.342 e. The number of aliphatic carboxylic acids is 1. The lowest BCUT2D eigenvalue weighted by Gasteiger charge is -2.34. The topological polar surface area (TPSA) is 117 Å². The molecule has 1 saturated heterocycles. The predicted molar refractivity (Wildman–Crippen MR) is 160 cm³/mol. The van der Waals surface area contributed by atoms with Crippen LogP contribution in [0.3, 0.4) is 0 Å². The summed E-state index contributed by atoms with van der Waals surface area (Å²) in [7, 11) is 1.32. The molecule has 9 nitrogen and oxygen atoms in total. The minimum absolute atomic E-state index is 0.0970. The number of methoxy groups -OCH3 is 1. The third-order valence-electron chi connectivity index (χ3n) is 7.55. The molecular formula is C32H38N4O5. The highest BCUT2D eigenvalue weighted by atomic mass is 16.5. The second kappa shape index (κ2) is 13.4. The molecule has 1 unspecified atom stereocenters. The predicted octanol–water partition coefficient (Wildman–Crippen LogP) is 5.23. The van der Waals surface area contributed by atoms with Crippen molar-refractivity contribution in [2.45, 2.75) is 45.9 Å². The maximum absolute atomic E-state index is 11.5. The lowest BCUT2D eigenvalue weighted by atomic mass is 9.91. The number of carboxylic acids is 1. The lowest BCUT2D eigenvalue weighted by Crippen LogP contribution is -2.39. The van der Waals surface area contributed by atoms with Crippen LogP contribution in [0.4, 0.5) is 5.82 Å². The van der Waals surface area contributed by atoms with Crippen molar-refractivity contribution >= 4 is 23.6 Å². The second-order valence-electron chi connectivity index (χ2n) is 10.2. The van der Waals surface area contributed by atoms with Crippen molar-refractivity contribution in [1.82, 2.24) is 9.88 Å². The number of allylic oxidation sites excluding steroid dienone is 3. The summed E-state index contributed by atoms with van der Waals surface area (Å²) >= 11 is 0. The van der Waals surface area contributed by atoms with Crippen LogP contribution in [0.15, 0.2) is 72.4 Å². The Morgan fingerprint density at radius 3 is 2.78 bits per heavy atom. The van der Waals surface area contributed by atoms with Gasteiger partial charge in [0.25, 0.3) is 0 Å². The van der Waals surface area contributed by atoms with Crippen LogP contribution in [0.2, 0.25) is 0 Å². The molecule has 0 aliphatic carbocycles. The van der Waals surface area contributed by atoms with E-state index in [9.17, 15) is 9.90 Å². The van der Waals surface area contributed by atoms with Gasteiger partial charge in [0.05, 0.1) is 19.4 Å². The number of carboxylic acid groups (broad SMARTS) is 1. The van der Waals surface area contributed by atoms with E-state index in [1.54, 1.807) is 18.2 Å². The Bertz CT molecular complexity index is 1400. The number of nitrogens with zero attached hydrogens (tertiary/aromatic N) is 2. The van der Waals surface area contributed by atoms with Gasteiger partial charge in [-0.3, -0.25) is 4.90 Å². The maximum atomic E-state index is 11.5. The summed E-state index contributed by atoms with van der Waals surface area (Å²) in [5.41, 5.74) is 6.76. The van der Waals surface area contributed by atoms with Crippen molar-refractivity contribution in [3.63, 3.8) is 0 Å². The number of fused-ring (bicyclic) bond motifs is 1. The highest BCUT2D eigenvalue weighted by Gasteiger charge is 2.27. The fourth-order valence-electron chi connectivity index (χ4n) is 5.31. The zero-order valence-electron chi connectivity index (χ0n) is 24.0. The fraction of sp³-hybridized carbons (Fsp3) is 0.344. The van der Waals surface area contributed by atoms with E-state index in [4.69, 9.17) is 19.6 Å². The molecule has 4 rings (SSSR count). The Kier molecular flexibility index (Phi) is 9.75. The van der Waals surface area contributed by atoms with Crippen molar-refractivity contribution in [2.75, 3.05) is 32.2 Å².